The summed E-state index contributed by atoms with van der Waals surface area (Å²) in [7, 11) is 0. The van der Waals surface area contributed by atoms with Crippen LogP contribution in [0.1, 0.15) is 60.3 Å². The standard InChI is InChI=1S/C24H42N6O5/c1-14(2)12-17-23(34)29(9-8-27-17)19(13-15(3)4)24(35)28-10-11-30(22(33)16(28)5)18(21(26)32)6-7-20(25)31/h14-19,27H,6-13H2,1-5H3,(H2,25,31)(H2,26,32)/t16?,17?,18-,19-/m0/s1. The Balaban J connectivity index is 2.22. The van der Waals surface area contributed by atoms with E-state index in [0.717, 1.165) is 0 Å². The Bertz CT molecular complexity index is 816. The van der Waals surface area contributed by atoms with Crippen LogP contribution in [0.5, 0.6) is 0 Å². The maximum atomic E-state index is 13.8. The van der Waals surface area contributed by atoms with Crippen LogP contribution in [0.4, 0.5) is 0 Å². The van der Waals surface area contributed by atoms with Gasteiger partial charge in [0, 0.05) is 32.6 Å². The first-order chi connectivity index (χ1) is 16.3. The van der Waals surface area contributed by atoms with Crippen molar-refractivity contribution in [2.24, 2.45) is 23.3 Å². The summed E-state index contributed by atoms with van der Waals surface area (Å²) in [5, 5.41) is 3.27. The maximum absolute atomic E-state index is 13.8. The highest BCUT2D eigenvalue weighted by Crippen LogP contribution is 2.23. The van der Waals surface area contributed by atoms with Crippen LogP contribution in [0.25, 0.3) is 0 Å². The SMILES string of the molecule is CC(C)CC1NCCN([C@@H](CC(C)C)C(=O)N2CCN([C@@H](CCC(N)=O)C(N)=O)C(=O)C2C)C1=O. The zero-order valence-corrected chi connectivity index (χ0v) is 21.7. The average Bonchev–Trinajstić information content (AvgIpc) is 2.75. The molecule has 0 bridgehead atoms. The Morgan fingerprint density at radius 1 is 0.943 bits per heavy atom. The number of carbonyl (C=O) groups excluding carboxylic acids is 5. The molecule has 2 rings (SSSR count). The minimum atomic E-state index is -0.965. The third-order valence-corrected chi connectivity index (χ3v) is 6.73. The Kier molecular flexibility index (Phi) is 10.1. The maximum Gasteiger partial charge on any atom is 0.246 e. The summed E-state index contributed by atoms with van der Waals surface area (Å²) in [6.45, 7) is 11.1. The minimum Gasteiger partial charge on any atom is -0.370 e. The van der Waals surface area contributed by atoms with Gasteiger partial charge in [-0.15, -0.1) is 0 Å². The van der Waals surface area contributed by atoms with Crippen molar-refractivity contribution in [3.8, 4) is 0 Å². The van der Waals surface area contributed by atoms with Crippen LogP contribution in [-0.2, 0) is 24.0 Å². The first-order valence-electron chi connectivity index (χ1n) is 12.6. The molecule has 0 aliphatic carbocycles. The van der Waals surface area contributed by atoms with Gasteiger partial charge in [0.2, 0.25) is 29.5 Å². The summed E-state index contributed by atoms with van der Waals surface area (Å²) in [6, 6.07) is -2.79. The number of amides is 5. The van der Waals surface area contributed by atoms with Crippen molar-refractivity contribution in [3.05, 3.63) is 0 Å². The van der Waals surface area contributed by atoms with E-state index < -0.39 is 35.8 Å². The molecular weight excluding hydrogens is 452 g/mol. The molecular formula is C24H42N6O5. The van der Waals surface area contributed by atoms with E-state index in [1.54, 1.807) is 11.8 Å². The van der Waals surface area contributed by atoms with E-state index in [0.29, 0.717) is 31.8 Å². The molecule has 2 aliphatic rings. The van der Waals surface area contributed by atoms with Gasteiger partial charge in [-0.1, -0.05) is 27.7 Å². The smallest absolute Gasteiger partial charge is 0.246 e. The second-order valence-corrected chi connectivity index (χ2v) is 10.5. The van der Waals surface area contributed by atoms with Gasteiger partial charge in [-0.2, -0.15) is 0 Å². The highest BCUT2D eigenvalue weighted by Gasteiger charge is 2.44. The summed E-state index contributed by atoms with van der Waals surface area (Å²) >= 11 is 0. The van der Waals surface area contributed by atoms with E-state index >= 15 is 0 Å². The van der Waals surface area contributed by atoms with Gasteiger partial charge >= 0.3 is 0 Å². The highest BCUT2D eigenvalue weighted by atomic mass is 16.2. The highest BCUT2D eigenvalue weighted by molar-refractivity contribution is 5.95. The van der Waals surface area contributed by atoms with Gasteiger partial charge in [0.1, 0.15) is 18.1 Å². The van der Waals surface area contributed by atoms with Crippen molar-refractivity contribution in [1.29, 1.82) is 0 Å². The largest absolute Gasteiger partial charge is 0.370 e. The summed E-state index contributed by atoms with van der Waals surface area (Å²) in [6.07, 6.45) is 1.14. The number of nitrogens with two attached hydrogens (primary N) is 2. The molecule has 2 saturated heterocycles. The van der Waals surface area contributed by atoms with Crippen molar-refractivity contribution in [1.82, 2.24) is 20.0 Å². The van der Waals surface area contributed by atoms with Crippen molar-refractivity contribution < 1.29 is 24.0 Å². The molecule has 0 aromatic rings. The number of hydrogen-bond acceptors (Lipinski definition) is 6. The molecule has 2 aliphatic heterocycles. The van der Waals surface area contributed by atoms with E-state index in [2.05, 4.69) is 19.2 Å². The van der Waals surface area contributed by atoms with Gasteiger partial charge in [0.15, 0.2) is 0 Å². The van der Waals surface area contributed by atoms with Gasteiger partial charge < -0.3 is 31.5 Å². The van der Waals surface area contributed by atoms with Crippen LogP contribution in [0.2, 0.25) is 0 Å². The second-order valence-electron chi connectivity index (χ2n) is 10.5. The van der Waals surface area contributed by atoms with E-state index in [1.165, 1.54) is 9.80 Å². The van der Waals surface area contributed by atoms with Crippen molar-refractivity contribution in [2.75, 3.05) is 26.2 Å². The van der Waals surface area contributed by atoms with E-state index in [1.807, 2.05) is 13.8 Å². The van der Waals surface area contributed by atoms with Gasteiger partial charge in [0.25, 0.3) is 0 Å². The molecule has 0 aromatic heterocycles. The summed E-state index contributed by atoms with van der Waals surface area (Å²) in [5.74, 6) is -1.56. The lowest BCUT2D eigenvalue weighted by Gasteiger charge is -2.45. The van der Waals surface area contributed by atoms with Gasteiger partial charge in [0.05, 0.1) is 6.04 Å². The van der Waals surface area contributed by atoms with Gasteiger partial charge in [-0.3, -0.25) is 24.0 Å². The molecule has 11 nitrogen and oxygen atoms in total. The van der Waals surface area contributed by atoms with Crippen molar-refractivity contribution in [2.45, 2.75) is 84.5 Å². The molecule has 5 N–H and O–H groups in total. The lowest BCUT2D eigenvalue weighted by molar-refractivity contribution is -0.160. The van der Waals surface area contributed by atoms with E-state index in [4.69, 9.17) is 11.5 Å². The van der Waals surface area contributed by atoms with Gasteiger partial charge in [-0.25, -0.2) is 0 Å². The third kappa shape index (κ3) is 7.16. The van der Waals surface area contributed by atoms with Crippen molar-refractivity contribution >= 4 is 29.5 Å². The summed E-state index contributed by atoms with van der Waals surface area (Å²) < 4.78 is 0. The summed E-state index contributed by atoms with van der Waals surface area (Å²) in [4.78, 5) is 68.0. The van der Waals surface area contributed by atoms with E-state index in [9.17, 15) is 24.0 Å². The fourth-order valence-electron chi connectivity index (χ4n) is 4.95. The first-order valence-corrected chi connectivity index (χ1v) is 12.6. The number of nitrogens with zero attached hydrogens (tertiary/aromatic N) is 3. The molecule has 2 unspecified atom stereocenters. The fourth-order valence-corrected chi connectivity index (χ4v) is 4.95. The van der Waals surface area contributed by atoms with Crippen LogP contribution >= 0.6 is 0 Å². The molecule has 2 fully saturated rings. The number of piperazine rings is 2. The van der Waals surface area contributed by atoms with Crippen LogP contribution < -0.4 is 16.8 Å². The summed E-state index contributed by atoms with van der Waals surface area (Å²) in [5.41, 5.74) is 10.7. The molecule has 198 valence electrons. The zero-order chi connectivity index (χ0) is 26.4. The number of rotatable bonds is 11. The first kappa shape index (κ1) is 28.5. The lowest BCUT2D eigenvalue weighted by atomic mass is 9.95. The Morgan fingerprint density at radius 2 is 1.57 bits per heavy atom. The van der Waals surface area contributed by atoms with E-state index in [-0.39, 0.29) is 49.7 Å². The van der Waals surface area contributed by atoms with Crippen molar-refractivity contribution in [3.63, 3.8) is 0 Å². The Labute approximate surface area is 207 Å². The number of primary amides is 2. The molecule has 0 saturated carbocycles. The molecule has 35 heavy (non-hydrogen) atoms. The molecule has 0 radical (unpaired) electrons. The van der Waals surface area contributed by atoms with Crippen LogP contribution in [0, 0.1) is 11.8 Å². The normalized spacial score (nSPS) is 23.1. The monoisotopic (exact) mass is 494 g/mol. The number of carbonyl (C=O) groups is 5. The number of hydrogen-bond donors (Lipinski definition) is 3. The Morgan fingerprint density at radius 3 is 2.11 bits per heavy atom. The topological polar surface area (TPSA) is 159 Å². The molecule has 4 atom stereocenters. The average molecular weight is 495 g/mol. The number of nitrogens with one attached hydrogen (secondary N) is 1. The predicted octanol–water partition coefficient (Wildman–Crippen LogP) is -0.574. The van der Waals surface area contributed by atoms with Crippen LogP contribution in [0.3, 0.4) is 0 Å². The quantitative estimate of drug-likeness (QED) is 0.349. The molecule has 0 aromatic carbocycles. The third-order valence-electron chi connectivity index (χ3n) is 6.73. The van der Waals surface area contributed by atoms with Crippen LogP contribution in [-0.4, -0.2) is 94.6 Å². The zero-order valence-electron chi connectivity index (χ0n) is 21.7. The van der Waals surface area contributed by atoms with Crippen LogP contribution in [0.15, 0.2) is 0 Å². The predicted molar refractivity (Wildman–Crippen MR) is 131 cm³/mol. The molecule has 0 spiro atoms. The second kappa shape index (κ2) is 12.3. The van der Waals surface area contributed by atoms with Gasteiger partial charge in [-0.05, 0) is 38.0 Å². The molecule has 2 heterocycles. The fraction of sp³-hybridized carbons (Fsp3) is 0.792. The molecule has 11 heteroatoms. The minimum absolute atomic E-state index is 0.0412. The lowest BCUT2D eigenvalue weighted by Crippen LogP contribution is -2.66. The molecule has 5 amide bonds. The Hall–Kier alpha value is -2.69.